The summed E-state index contributed by atoms with van der Waals surface area (Å²) in [5, 5.41) is 2.41. The van der Waals surface area contributed by atoms with Crippen molar-refractivity contribution in [3.8, 4) is 0 Å². The smallest absolute Gasteiger partial charge is 0.338 e. The first kappa shape index (κ1) is 12.1. The lowest BCUT2D eigenvalue weighted by molar-refractivity contribution is -0.115. The van der Waals surface area contributed by atoms with Gasteiger partial charge in [-0.2, -0.15) is 0 Å². The lowest BCUT2D eigenvalue weighted by atomic mass is 10.2. The van der Waals surface area contributed by atoms with E-state index in [-0.39, 0.29) is 19.1 Å². The summed E-state index contributed by atoms with van der Waals surface area (Å²) in [6.45, 7) is 1.95. The van der Waals surface area contributed by atoms with Crippen molar-refractivity contribution in [2.24, 2.45) is 0 Å². The molecule has 1 saturated heterocycles. The molecule has 0 atom stereocenters. The lowest BCUT2D eigenvalue weighted by Gasteiger charge is -2.13. The van der Waals surface area contributed by atoms with E-state index in [1.807, 2.05) is 0 Å². The third kappa shape index (κ3) is 2.17. The fourth-order valence-electron chi connectivity index (χ4n) is 1.67. The Morgan fingerprint density at radius 1 is 1.44 bits per heavy atom. The molecule has 6 nitrogen and oxygen atoms in total. The molecule has 0 unspecified atom stereocenters. The van der Waals surface area contributed by atoms with Crippen molar-refractivity contribution in [1.82, 2.24) is 5.32 Å². The Labute approximate surface area is 104 Å². The topological polar surface area (TPSA) is 75.7 Å². The van der Waals surface area contributed by atoms with E-state index in [1.54, 1.807) is 25.1 Å². The molecular weight excluding hydrogens is 236 g/mol. The molecule has 0 aromatic heterocycles. The highest BCUT2D eigenvalue weighted by molar-refractivity contribution is 6.20. The average molecular weight is 248 g/mol. The Morgan fingerprint density at radius 3 is 2.83 bits per heavy atom. The molecule has 2 rings (SSSR count). The number of rotatable bonds is 3. The van der Waals surface area contributed by atoms with Gasteiger partial charge in [-0.05, 0) is 25.1 Å². The number of ether oxygens (including phenoxy) is 1. The Balaban J connectivity index is 2.29. The molecule has 0 saturated carbocycles. The van der Waals surface area contributed by atoms with Crippen molar-refractivity contribution in [1.29, 1.82) is 0 Å². The molecule has 18 heavy (non-hydrogen) atoms. The molecule has 1 aliphatic heterocycles. The number of carbonyl (C=O) groups excluding carboxylic acids is 3. The normalized spacial score (nSPS) is 14.6. The Hall–Kier alpha value is -2.37. The maximum absolute atomic E-state index is 11.5. The van der Waals surface area contributed by atoms with Gasteiger partial charge >= 0.3 is 12.0 Å². The van der Waals surface area contributed by atoms with E-state index in [4.69, 9.17) is 4.74 Å². The Morgan fingerprint density at radius 2 is 2.22 bits per heavy atom. The molecule has 0 aliphatic carbocycles. The zero-order chi connectivity index (χ0) is 13.1. The summed E-state index contributed by atoms with van der Waals surface area (Å²) < 4.78 is 4.86. The van der Waals surface area contributed by atoms with Crippen LogP contribution in [0.25, 0.3) is 0 Å². The van der Waals surface area contributed by atoms with Gasteiger partial charge in [-0.1, -0.05) is 6.07 Å². The third-order valence-corrected chi connectivity index (χ3v) is 2.46. The number of hydrogen-bond donors (Lipinski definition) is 1. The number of esters is 1. The highest BCUT2D eigenvalue weighted by atomic mass is 16.5. The summed E-state index contributed by atoms with van der Waals surface area (Å²) in [6.07, 6.45) is 0. The minimum Gasteiger partial charge on any atom is -0.462 e. The maximum Gasteiger partial charge on any atom is 0.338 e. The fraction of sp³-hybridized carbons (Fsp3) is 0.250. The maximum atomic E-state index is 11.5. The molecule has 94 valence electrons. The zero-order valence-electron chi connectivity index (χ0n) is 9.80. The number of imide groups is 1. The van der Waals surface area contributed by atoms with Gasteiger partial charge in [0.25, 0.3) is 5.91 Å². The number of nitrogens with zero attached hydrogens (tertiary/aromatic N) is 1. The largest absolute Gasteiger partial charge is 0.462 e. The predicted molar refractivity (Wildman–Crippen MR) is 63.3 cm³/mol. The summed E-state index contributed by atoms with van der Waals surface area (Å²) >= 11 is 0. The standard InChI is InChI=1S/C12H12N2O4/c1-2-18-11(16)8-4-3-5-9(6-8)14-10(15)7-13-12(14)17/h3-6H,2,7H2,1H3,(H,13,17). The minimum atomic E-state index is -0.485. The van der Waals surface area contributed by atoms with Gasteiger partial charge in [0.05, 0.1) is 24.4 Å². The van der Waals surface area contributed by atoms with Crippen molar-refractivity contribution >= 4 is 23.6 Å². The number of nitrogens with one attached hydrogen (secondary N) is 1. The highest BCUT2D eigenvalue weighted by Gasteiger charge is 2.30. The van der Waals surface area contributed by atoms with E-state index in [2.05, 4.69) is 5.32 Å². The Kier molecular flexibility index (Phi) is 3.27. The third-order valence-electron chi connectivity index (χ3n) is 2.46. The number of benzene rings is 1. The Bertz CT molecular complexity index is 497. The van der Waals surface area contributed by atoms with Gasteiger partial charge < -0.3 is 10.1 Å². The second kappa shape index (κ2) is 4.87. The van der Waals surface area contributed by atoms with Crippen molar-refractivity contribution in [3.63, 3.8) is 0 Å². The molecule has 1 aliphatic rings. The first-order chi connectivity index (χ1) is 8.63. The van der Waals surface area contributed by atoms with Crippen LogP contribution in [0, 0.1) is 0 Å². The highest BCUT2D eigenvalue weighted by Crippen LogP contribution is 2.19. The molecule has 1 heterocycles. The van der Waals surface area contributed by atoms with Crippen LogP contribution >= 0.6 is 0 Å². The van der Waals surface area contributed by atoms with Gasteiger partial charge in [0.1, 0.15) is 0 Å². The lowest BCUT2D eigenvalue weighted by Crippen LogP contribution is -2.30. The molecule has 1 fully saturated rings. The molecule has 0 spiro atoms. The number of carbonyl (C=O) groups is 3. The van der Waals surface area contributed by atoms with Gasteiger partial charge in [-0.15, -0.1) is 0 Å². The van der Waals surface area contributed by atoms with E-state index in [0.29, 0.717) is 11.3 Å². The van der Waals surface area contributed by atoms with Crippen LogP contribution in [0.15, 0.2) is 24.3 Å². The van der Waals surface area contributed by atoms with E-state index >= 15 is 0 Å². The molecule has 6 heteroatoms. The van der Waals surface area contributed by atoms with Crippen LogP contribution in [0.3, 0.4) is 0 Å². The first-order valence-electron chi connectivity index (χ1n) is 5.51. The van der Waals surface area contributed by atoms with Crippen LogP contribution in [-0.2, 0) is 9.53 Å². The molecule has 1 N–H and O–H groups in total. The van der Waals surface area contributed by atoms with Crippen LogP contribution in [0.2, 0.25) is 0 Å². The summed E-state index contributed by atoms with van der Waals surface area (Å²) in [5.41, 5.74) is 0.669. The molecule has 1 aromatic rings. The van der Waals surface area contributed by atoms with Crippen LogP contribution < -0.4 is 10.2 Å². The van der Waals surface area contributed by atoms with E-state index < -0.39 is 12.0 Å². The second-order valence-corrected chi connectivity index (χ2v) is 3.66. The second-order valence-electron chi connectivity index (χ2n) is 3.66. The van der Waals surface area contributed by atoms with Gasteiger partial charge in [0.15, 0.2) is 0 Å². The zero-order valence-corrected chi connectivity index (χ0v) is 9.80. The van der Waals surface area contributed by atoms with Gasteiger partial charge in [-0.25, -0.2) is 14.5 Å². The number of amides is 3. The van der Waals surface area contributed by atoms with E-state index in [9.17, 15) is 14.4 Å². The quantitative estimate of drug-likeness (QED) is 0.637. The van der Waals surface area contributed by atoms with Crippen molar-refractivity contribution in [3.05, 3.63) is 29.8 Å². The van der Waals surface area contributed by atoms with Gasteiger partial charge in [-0.3, -0.25) is 4.79 Å². The summed E-state index contributed by atoms with van der Waals surface area (Å²) in [4.78, 5) is 35.5. The predicted octanol–water partition coefficient (Wildman–Crippen LogP) is 0.920. The van der Waals surface area contributed by atoms with E-state index in [1.165, 1.54) is 6.07 Å². The van der Waals surface area contributed by atoms with Crippen molar-refractivity contribution in [2.75, 3.05) is 18.1 Å². The van der Waals surface area contributed by atoms with Crippen molar-refractivity contribution in [2.45, 2.75) is 6.92 Å². The molecule has 3 amide bonds. The van der Waals surface area contributed by atoms with Gasteiger partial charge in [0.2, 0.25) is 0 Å². The summed E-state index contributed by atoms with van der Waals surface area (Å²) in [5.74, 6) is -0.826. The van der Waals surface area contributed by atoms with Crippen LogP contribution in [0.5, 0.6) is 0 Å². The van der Waals surface area contributed by atoms with Crippen molar-refractivity contribution < 1.29 is 19.1 Å². The first-order valence-corrected chi connectivity index (χ1v) is 5.51. The molecular formula is C12H12N2O4. The summed E-state index contributed by atoms with van der Waals surface area (Å²) in [7, 11) is 0. The van der Waals surface area contributed by atoms with Crippen LogP contribution in [0.4, 0.5) is 10.5 Å². The SMILES string of the molecule is CCOC(=O)c1cccc(N2C(=O)CNC2=O)c1. The monoisotopic (exact) mass is 248 g/mol. The molecule has 1 aromatic carbocycles. The fourth-order valence-corrected chi connectivity index (χ4v) is 1.67. The van der Waals surface area contributed by atoms with Crippen LogP contribution in [-0.4, -0.2) is 31.1 Å². The van der Waals surface area contributed by atoms with Gasteiger partial charge in [0, 0.05) is 0 Å². The minimum absolute atomic E-state index is 0.0253. The molecule has 0 radical (unpaired) electrons. The number of anilines is 1. The number of urea groups is 1. The van der Waals surface area contributed by atoms with E-state index in [0.717, 1.165) is 4.90 Å². The number of hydrogen-bond acceptors (Lipinski definition) is 4. The average Bonchev–Trinajstić information content (AvgIpc) is 2.69. The van der Waals surface area contributed by atoms with Crippen LogP contribution in [0.1, 0.15) is 17.3 Å². The summed E-state index contributed by atoms with van der Waals surface area (Å²) in [6, 6.07) is 5.73. The molecule has 0 bridgehead atoms.